The minimum absolute atomic E-state index is 0.0292. The van der Waals surface area contributed by atoms with Crippen LogP contribution >= 0.6 is 0 Å². The van der Waals surface area contributed by atoms with Crippen LogP contribution in [-0.4, -0.2) is 193 Å². The van der Waals surface area contributed by atoms with Gasteiger partial charge >= 0.3 is 5.97 Å². The largest absolute Gasteiger partial charge is 0.508 e. The van der Waals surface area contributed by atoms with Gasteiger partial charge in [-0.1, -0.05) is 82.5 Å². The number of hydrazine groups is 1. The van der Waals surface area contributed by atoms with Crippen LogP contribution in [0.3, 0.4) is 0 Å². The molecule has 4 rings (SSSR count). The molecule has 34 heteroatoms. The highest BCUT2D eigenvalue weighted by atomic mass is 16.4. The molecule has 622 valence electrons. The maximum Gasteiger partial charge on any atom is 0.303 e. The molecule has 0 fully saturated rings. The van der Waals surface area contributed by atoms with E-state index in [9.17, 15) is 91.7 Å². The first-order valence-corrected chi connectivity index (χ1v) is 38.3. The molecule has 2 heterocycles. The van der Waals surface area contributed by atoms with Crippen molar-refractivity contribution in [3.05, 3.63) is 78.0 Å². The van der Waals surface area contributed by atoms with E-state index >= 15 is 0 Å². The van der Waals surface area contributed by atoms with Crippen LogP contribution in [-0.2, 0) is 94.3 Å². The van der Waals surface area contributed by atoms with Gasteiger partial charge in [-0.25, -0.2) is 10.9 Å². The van der Waals surface area contributed by atoms with Crippen molar-refractivity contribution in [3.63, 3.8) is 0 Å². The molecule has 1 aliphatic rings. The predicted octanol–water partition coefficient (Wildman–Crippen LogP) is 1.35. The number of ketones is 5. The second-order valence-corrected chi connectivity index (χ2v) is 30.9. The van der Waals surface area contributed by atoms with Crippen LogP contribution in [0.1, 0.15) is 197 Å². The number of fused-ring (bicyclic) bond motifs is 1. The number of benzene rings is 2. The lowest BCUT2D eigenvalue weighted by Crippen LogP contribution is -2.63. The lowest BCUT2D eigenvalue weighted by atomic mass is 9.79. The molecule has 0 aliphatic carbocycles. The number of amides is 11. The van der Waals surface area contributed by atoms with Crippen LogP contribution in [0.25, 0.3) is 10.9 Å². The van der Waals surface area contributed by atoms with Crippen LogP contribution in [0.5, 0.6) is 5.75 Å². The molecule has 3 aromatic rings. The fourth-order valence-corrected chi connectivity index (χ4v) is 12.6. The third kappa shape index (κ3) is 30.8. The van der Waals surface area contributed by atoms with Crippen LogP contribution in [0.4, 0.5) is 0 Å². The Balaban J connectivity index is 1.71. The number of rotatable bonds is 29. The quantitative estimate of drug-likeness (QED) is 0.0265. The number of aromatic amines is 1. The molecule has 1 aromatic heterocycles. The number of carbonyl (C=O) groups is 17. The van der Waals surface area contributed by atoms with E-state index in [1.807, 2.05) is 26.0 Å². The molecular weight excluding hydrogens is 1460 g/mol. The molecular formula is C79H117N15O19. The number of carboxylic acids is 1. The summed E-state index contributed by atoms with van der Waals surface area (Å²) in [7, 11) is 0. The molecule has 11 amide bonds. The van der Waals surface area contributed by atoms with E-state index in [0.29, 0.717) is 60.6 Å². The van der Waals surface area contributed by atoms with Gasteiger partial charge in [-0.3, -0.25) is 81.5 Å². The number of carboxylic acid groups (broad SMARTS) is 1. The highest BCUT2D eigenvalue weighted by Crippen LogP contribution is 2.31. The van der Waals surface area contributed by atoms with Gasteiger partial charge in [0.25, 0.3) is 0 Å². The second-order valence-electron chi connectivity index (χ2n) is 30.9. The average molecular weight is 1580 g/mol. The second kappa shape index (κ2) is 44.6. The van der Waals surface area contributed by atoms with Crippen LogP contribution in [0.2, 0.25) is 0 Å². The summed E-state index contributed by atoms with van der Waals surface area (Å²) in [5, 5.41) is 47.1. The third-order valence-electron chi connectivity index (χ3n) is 19.7. The standard InChI is InChI=1S/C79H117N15O19/c1-43(2)37-53-42-83-57(31-33-61(80)97)66(103)64(101)46(5)85-72(109)60(39-52-41-82-56-26-22-21-25-55(52)56)90-73(110)59(38-51-27-29-54(96)30-28-51)89-71(108)58(32-34-62(98)99)91-75(112)78(12,40-44(3)95)35-23-19-17-15-14-16-18-20-24-36-79(13,92-70(53)107)76(113)88-50(9)68(105)84-45(4)63(100)65(102)47(6)93-94-77(10,11)74(111)87-49(8)69(106)86-48(7)67(81)104/h16,18,21-22,25-30,41,43,45-50,53,57-60,82-83,93-94,96H,14-15,17,19-20,23-24,31-40,42H2,1-13H3,(H2,80,97)(H2,81,104)(H,84,105)(H,85,109)(H,86,106)(H,87,111)(H,88,113)(H,89,108)(H,90,110)(H,91,112)(H,92,107)(H,98,99)/b18-16+/t45-,46?,47-,48+,49-,50?,53+,57-,58-,59?,60-,78-,79-/m0/s1. The lowest BCUT2D eigenvalue weighted by Gasteiger charge is -2.33. The van der Waals surface area contributed by atoms with E-state index in [-0.39, 0.29) is 75.4 Å². The first-order valence-electron chi connectivity index (χ1n) is 38.3. The molecule has 0 saturated heterocycles. The third-order valence-corrected chi connectivity index (χ3v) is 19.7. The normalized spacial score (nSPS) is 23.2. The molecule has 0 radical (unpaired) electrons. The van der Waals surface area contributed by atoms with E-state index in [2.05, 4.69) is 69.0 Å². The van der Waals surface area contributed by atoms with E-state index in [4.69, 9.17) is 11.5 Å². The van der Waals surface area contributed by atoms with E-state index in [1.165, 1.54) is 93.5 Å². The van der Waals surface area contributed by atoms with Crippen molar-refractivity contribution in [2.45, 2.75) is 271 Å². The molecule has 113 heavy (non-hydrogen) atoms. The van der Waals surface area contributed by atoms with Gasteiger partial charge in [-0.05, 0) is 162 Å². The van der Waals surface area contributed by atoms with Crippen LogP contribution in [0.15, 0.2) is 66.9 Å². The first kappa shape index (κ1) is 94.8. The molecule has 34 nitrogen and oxygen atoms in total. The Bertz CT molecular complexity index is 3950. The zero-order chi connectivity index (χ0) is 84.8. The summed E-state index contributed by atoms with van der Waals surface area (Å²) in [6.45, 7) is 18.3. The maximum absolute atomic E-state index is 15.0. The number of aromatic hydroxyl groups is 1. The van der Waals surface area contributed by atoms with Crippen LogP contribution in [0, 0.1) is 17.3 Å². The van der Waals surface area contributed by atoms with Gasteiger partial charge in [0.05, 0.1) is 35.5 Å². The number of phenolic OH excluding ortho intramolecular Hbond substituents is 1. The fraction of sp³-hybridized carbons (Fsp3) is 0.582. The predicted molar refractivity (Wildman–Crippen MR) is 417 cm³/mol. The maximum atomic E-state index is 15.0. The number of aromatic nitrogens is 1. The SMILES string of the molecule is CC(=O)C[C@]1(C)CCCCCC/C=C/CCC[C@@](C)(C(=O)NC(C)C(=O)N[C@@H](C)C(=O)C(=O)[C@H](C)NNC(C)(C)C(=O)N[C@@H](C)C(=O)N[C@H](C)C(N)=O)NC(=O)[C@H](CC(C)C)CN[C@@H](CCC(N)=O)C(=O)C(=O)C(C)NC(=O)[C@H](Cc2c[nH]c3ccccc23)NC(=O)C(Cc2ccc(O)cc2)NC(=O)[C@H](CCC(=O)O)NC1=O. The number of aliphatic carboxylic acids is 1. The van der Waals surface area contributed by atoms with Gasteiger partial charge in [-0.2, -0.15) is 0 Å². The Morgan fingerprint density at radius 3 is 1.79 bits per heavy atom. The van der Waals surface area contributed by atoms with Crippen molar-refractivity contribution in [2.75, 3.05) is 6.54 Å². The minimum atomic E-state index is -1.79. The van der Waals surface area contributed by atoms with Gasteiger partial charge in [0.1, 0.15) is 58.9 Å². The van der Waals surface area contributed by atoms with E-state index in [0.717, 1.165) is 0 Å². The number of para-hydroxylation sites is 1. The monoisotopic (exact) mass is 1580 g/mol. The number of primary amides is 2. The van der Waals surface area contributed by atoms with Crippen molar-refractivity contribution in [1.29, 1.82) is 0 Å². The van der Waals surface area contributed by atoms with Gasteiger partial charge in [0, 0.05) is 55.7 Å². The van der Waals surface area contributed by atoms with Gasteiger partial charge in [0.2, 0.25) is 88.1 Å². The fourth-order valence-electron chi connectivity index (χ4n) is 12.6. The lowest BCUT2D eigenvalue weighted by molar-refractivity contribution is -0.141. The number of allylic oxidation sites excluding steroid dienone is 2. The number of H-pyrrole nitrogens is 1. The van der Waals surface area contributed by atoms with Crippen molar-refractivity contribution in [1.82, 2.24) is 69.0 Å². The Morgan fingerprint density at radius 1 is 0.611 bits per heavy atom. The molecule has 2 aromatic carbocycles. The van der Waals surface area contributed by atoms with E-state index < -0.39 is 196 Å². The molecule has 0 saturated carbocycles. The molecule has 13 atom stereocenters. The number of hydrogen-bond donors (Lipinski definition) is 17. The van der Waals surface area contributed by atoms with Gasteiger partial charge < -0.3 is 79.8 Å². The number of carbonyl (C=O) groups excluding carboxylic acids is 16. The zero-order valence-corrected chi connectivity index (χ0v) is 67.0. The smallest absolute Gasteiger partial charge is 0.303 e. The number of Topliss-reactive ketones (excluding diaryl/α,β-unsaturated/α-hetero) is 5. The highest BCUT2D eigenvalue weighted by molar-refractivity contribution is 6.41. The number of nitrogens with one attached hydrogen (secondary N) is 13. The zero-order valence-electron chi connectivity index (χ0n) is 67.0. The van der Waals surface area contributed by atoms with Crippen molar-refractivity contribution >= 4 is 111 Å². The average Bonchev–Trinajstić information content (AvgIpc) is 1.20. The summed E-state index contributed by atoms with van der Waals surface area (Å²) in [5.41, 5.74) is 12.9. The molecule has 0 spiro atoms. The van der Waals surface area contributed by atoms with Gasteiger partial charge in [0.15, 0.2) is 0 Å². The highest BCUT2D eigenvalue weighted by Gasteiger charge is 2.42. The summed E-state index contributed by atoms with van der Waals surface area (Å²) in [4.78, 5) is 236. The molecule has 0 bridgehead atoms. The Morgan fingerprint density at radius 2 is 1.18 bits per heavy atom. The molecule has 1 aliphatic heterocycles. The number of phenols is 1. The molecule has 3 unspecified atom stereocenters. The number of nitrogens with two attached hydrogens (primary N) is 2. The number of hydrogen-bond acceptors (Lipinski definition) is 21. The summed E-state index contributed by atoms with van der Waals surface area (Å²) in [6.07, 6.45) is 6.74. The topological polar surface area (TPSA) is 543 Å². The Labute approximate surface area is 658 Å². The van der Waals surface area contributed by atoms with Crippen molar-refractivity contribution in [3.8, 4) is 5.75 Å². The Kier molecular flexibility index (Phi) is 37.4. The van der Waals surface area contributed by atoms with E-state index in [1.54, 1.807) is 37.4 Å². The van der Waals surface area contributed by atoms with Crippen molar-refractivity contribution in [2.24, 2.45) is 28.7 Å². The minimum Gasteiger partial charge on any atom is -0.508 e. The summed E-state index contributed by atoms with van der Waals surface area (Å²) >= 11 is 0. The van der Waals surface area contributed by atoms with Crippen molar-refractivity contribution < 1.29 is 91.7 Å². The summed E-state index contributed by atoms with van der Waals surface area (Å²) in [5.74, 6) is -16.7. The Hall–Kier alpha value is -10.6. The van der Waals surface area contributed by atoms with Gasteiger partial charge in [-0.15, -0.1) is 0 Å². The first-order chi connectivity index (χ1) is 52.9. The van der Waals surface area contributed by atoms with Crippen LogP contribution < -0.4 is 75.5 Å². The summed E-state index contributed by atoms with van der Waals surface area (Å²) in [6, 6.07) is -1.58. The molecule has 19 N–H and O–H groups in total. The summed E-state index contributed by atoms with van der Waals surface area (Å²) < 4.78 is 0.